The number of rotatable bonds is 4. The fraction of sp³-hybridized carbons (Fsp3) is 0.364. The molecule has 0 spiro atoms. The van der Waals surface area contributed by atoms with Crippen LogP contribution in [-0.4, -0.2) is 28.2 Å². The standard InChI is InChI=1S/C11H14FNO2S/c1-8(7-16(2)15)13-11(14)9-5-3-4-6-10(9)12/h3-6,8H,7H2,1-2H3,(H,13,14). The predicted octanol–water partition coefficient (Wildman–Crippen LogP) is 1.32. The maximum absolute atomic E-state index is 13.2. The maximum atomic E-state index is 13.2. The third-order valence-corrected chi connectivity index (χ3v) is 2.95. The molecule has 16 heavy (non-hydrogen) atoms. The lowest BCUT2D eigenvalue weighted by molar-refractivity contribution is 0.0939. The fourth-order valence-corrected chi connectivity index (χ4v) is 2.13. The smallest absolute Gasteiger partial charge is 0.254 e. The van der Waals surface area contributed by atoms with Crippen LogP contribution < -0.4 is 5.32 Å². The molecular weight excluding hydrogens is 229 g/mol. The third kappa shape index (κ3) is 3.73. The molecule has 1 rings (SSSR count). The Bertz CT molecular complexity index is 409. The number of hydrogen-bond acceptors (Lipinski definition) is 2. The van der Waals surface area contributed by atoms with Crippen LogP contribution in [0.15, 0.2) is 24.3 Å². The second-order valence-electron chi connectivity index (χ2n) is 3.59. The van der Waals surface area contributed by atoms with Gasteiger partial charge in [-0.1, -0.05) is 12.1 Å². The van der Waals surface area contributed by atoms with Crippen LogP contribution in [0.25, 0.3) is 0 Å². The number of carbonyl (C=O) groups is 1. The van der Waals surface area contributed by atoms with Gasteiger partial charge < -0.3 is 5.32 Å². The Morgan fingerprint density at radius 2 is 2.12 bits per heavy atom. The molecule has 2 unspecified atom stereocenters. The Morgan fingerprint density at radius 3 is 2.69 bits per heavy atom. The molecule has 0 aliphatic heterocycles. The van der Waals surface area contributed by atoms with E-state index in [1.165, 1.54) is 18.2 Å². The lowest BCUT2D eigenvalue weighted by Crippen LogP contribution is -2.36. The number of carbonyl (C=O) groups excluding carboxylic acids is 1. The van der Waals surface area contributed by atoms with E-state index in [1.54, 1.807) is 19.2 Å². The van der Waals surface area contributed by atoms with E-state index >= 15 is 0 Å². The molecule has 0 fully saturated rings. The first-order valence-electron chi connectivity index (χ1n) is 4.86. The molecule has 0 aliphatic carbocycles. The Hall–Kier alpha value is -1.23. The summed E-state index contributed by atoms with van der Waals surface area (Å²) >= 11 is 0. The molecule has 5 heteroatoms. The molecule has 2 atom stereocenters. The van der Waals surface area contributed by atoms with Crippen molar-refractivity contribution in [2.75, 3.05) is 12.0 Å². The Kier molecular flexibility index (Phi) is 4.61. The first-order valence-corrected chi connectivity index (χ1v) is 6.59. The second kappa shape index (κ2) is 5.75. The number of halogens is 1. The van der Waals surface area contributed by atoms with Crippen molar-refractivity contribution < 1.29 is 13.4 Å². The van der Waals surface area contributed by atoms with Crippen molar-refractivity contribution in [1.82, 2.24) is 5.32 Å². The quantitative estimate of drug-likeness (QED) is 0.867. The normalized spacial score (nSPS) is 14.2. The molecule has 1 aromatic rings. The molecule has 1 aromatic carbocycles. The molecule has 0 bridgehead atoms. The lowest BCUT2D eigenvalue weighted by atomic mass is 10.2. The molecule has 1 N–H and O–H groups in total. The average molecular weight is 243 g/mol. The predicted molar refractivity (Wildman–Crippen MR) is 62.3 cm³/mol. The van der Waals surface area contributed by atoms with Gasteiger partial charge in [-0.05, 0) is 19.1 Å². The van der Waals surface area contributed by atoms with Crippen LogP contribution in [0.2, 0.25) is 0 Å². The highest BCUT2D eigenvalue weighted by Gasteiger charge is 2.13. The molecule has 1 amide bonds. The van der Waals surface area contributed by atoms with Gasteiger partial charge in [-0.25, -0.2) is 4.39 Å². The molecule has 0 heterocycles. The highest BCUT2D eigenvalue weighted by Crippen LogP contribution is 2.06. The van der Waals surface area contributed by atoms with Gasteiger partial charge in [0.25, 0.3) is 5.91 Å². The zero-order chi connectivity index (χ0) is 12.1. The number of hydrogen-bond donors (Lipinski definition) is 1. The Morgan fingerprint density at radius 1 is 1.50 bits per heavy atom. The fourth-order valence-electron chi connectivity index (χ4n) is 1.34. The molecule has 0 saturated carbocycles. The van der Waals surface area contributed by atoms with E-state index in [4.69, 9.17) is 0 Å². The minimum absolute atomic E-state index is 0.0104. The van der Waals surface area contributed by atoms with Crippen molar-refractivity contribution in [1.29, 1.82) is 0 Å². The summed E-state index contributed by atoms with van der Waals surface area (Å²) in [5, 5.41) is 2.60. The van der Waals surface area contributed by atoms with Gasteiger partial charge in [-0.3, -0.25) is 9.00 Å². The zero-order valence-corrected chi connectivity index (χ0v) is 10.0. The second-order valence-corrected chi connectivity index (χ2v) is 5.07. The van der Waals surface area contributed by atoms with Crippen molar-refractivity contribution in [3.05, 3.63) is 35.6 Å². The van der Waals surface area contributed by atoms with Crippen LogP contribution >= 0.6 is 0 Å². The van der Waals surface area contributed by atoms with Crippen LogP contribution in [0.3, 0.4) is 0 Å². The number of nitrogens with one attached hydrogen (secondary N) is 1. The summed E-state index contributed by atoms with van der Waals surface area (Å²) in [5.41, 5.74) is 0.0104. The average Bonchev–Trinajstić information content (AvgIpc) is 2.16. The van der Waals surface area contributed by atoms with Crippen molar-refractivity contribution in [3.63, 3.8) is 0 Å². The Balaban J connectivity index is 2.66. The van der Waals surface area contributed by atoms with Crippen molar-refractivity contribution in [2.45, 2.75) is 13.0 Å². The van der Waals surface area contributed by atoms with Crippen molar-refractivity contribution in [3.8, 4) is 0 Å². The topological polar surface area (TPSA) is 46.2 Å². The first-order chi connectivity index (χ1) is 7.50. The SMILES string of the molecule is CC(CS(C)=O)NC(=O)c1ccccc1F. The van der Waals surface area contributed by atoms with E-state index in [-0.39, 0.29) is 11.6 Å². The summed E-state index contributed by atoms with van der Waals surface area (Å²) < 4.78 is 24.2. The van der Waals surface area contributed by atoms with Gasteiger partial charge in [0, 0.05) is 28.9 Å². The van der Waals surface area contributed by atoms with Crippen LogP contribution in [0.1, 0.15) is 17.3 Å². The van der Waals surface area contributed by atoms with Gasteiger partial charge in [-0.2, -0.15) is 0 Å². The monoisotopic (exact) mass is 243 g/mol. The van der Waals surface area contributed by atoms with Gasteiger partial charge in [-0.15, -0.1) is 0 Å². The summed E-state index contributed by atoms with van der Waals surface area (Å²) in [6.45, 7) is 1.74. The molecule has 0 aromatic heterocycles. The molecule has 0 saturated heterocycles. The largest absolute Gasteiger partial charge is 0.349 e. The third-order valence-electron chi connectivity index (χ3n) is 1.98. The summed E-state index contributed by atoms with van der Waals surface area (Å²) in [6, 6.07) is 5.53. The van der Waals surface area contributed by atoms with E-state index in [0.717, 1.165) is 0 Å². The van der Waals surface area contributed by atoms with E-state index in [0.29, 0.717) is 5.75 Å². The molecule has 0 radical (unpaired) electrons. The zero-order valence-electron chi connectivity index (χ0n) is 9.20. The lowest BCUT2D eigenvalue weighted by Gasteiger charge is -2.12. The van der Waals surface area contributed by atoms with E-state index in [9.17, 15) is 13.4 Å². The van der Waals surface area contributed by atoms with Gasteiger partial charge in [0.1, 0.15) is 5.82 Å². The van der Waals surface area contributed by atoms with Gasteiger partial charge in [0.15, 0.2) is 0 Å². The van der Waals surface area contributed by atoms with Crippen LogP contribution in [0.4, 0.5) is 4.39 Å². The molecular formula is C11H14FNO2S. The highest BCUT2D eigenvalue weighted by atomic mass is 32.2. The van der Waals surface area contributed by atoms with Crippen LogP contribution in [0.5, 0.6) is 0 Å². The first kappa shape index (κ1) is 12.8. The summed E-state index contributed by atoms with van der Waals surface area (Å²) in [6.07, 6.45) is 1.56. The molecule has 88 valence electrons. The summed E-state index contributed by atoms with van der Waals surface area (Å²) in [5.74, 6) is -0.666. The van der Waals surface area contributed by atoms with E-state index in [1.807, 2.05) is 0 Å². The maximum Gasteiger partial charge on any atom is 0.254 e. The van der Waals surface area contributed by atoms with Gasteiger partial charge in [0.05, 0.1) is 5.56 Å². The van der Waals surface area contributed by atoms with Crippen molar-refractivity contribution >= 4 is 16.7 Å². The summed E-state index contributed by atoms with van der Waals surface area (Å²) in [4.78, 5) is 11.6. The highest BCUT2D eigenvalue weighted by molar-refractivity contribution is 7.84. The number of amides is 1. The van der Waals surface area contributed by atoms with Gasteiger partial charge in [0.2, 0.25) is 0 Å². The minimum Gasteiger partial charge on any atom is -0.349 e. The van der Waals surface area contributed by atoms with E-state index < -0.39 is 22.5 Å². The van der Waals surface area contributed by atoms with Crippen LogP contribution in [-0.2, 0) is 10.8 Å². The molecule has 3 nitrogen and oxygen atoms in total. The van der Waals surface area contributed by atoms with Crippen molar-refractivity contribution in [2.24, 2.45) is 0 Å². The minimum atomic E-state index is -0.982. The molecule has 0 aliphatic rings. The van der Waals surface area contributed by atoms with E-state index in [2.05, 4.69) is 5.32 Å². The van der Waals surface area contributed by atoms with Gasteiger partial charge >= 0.3 is 0 Å². The summed E-state index contributed by atoms with van der Waals surface area (Å²) in [7, 11) is -0.982. The number of benzene rings is 1. The van der Waals surface area contributed by atoms with Crippen LogP contribution in [0, 0.1) is 5.82 Å². The Labute approximate surface area is 96.5 Å².